The first-order chi connectivity index (χ1) is 15.5. The summed E-state index contributed by atoms with van der Waals surface area (Å²) in [6.45, 7) is 2.06. The van der Waals surface area contributed by atoms with E-state index in [1.54, 1.807) is 30.5 Å². The highest BCUT2D eigenvalue weighted by molar-refractivity contribution is 5.86. The largest absolute Gasteiger partial charge is 0.439 e. The van der Waals surface area contributed by atoms with E-state index < -0.39 is 5.41 Å². The lowest BCUT2D eigenvalue weighted by molar-refractivity contribution is -0.139. The summed E-state index contributed by atoms with van der Waals surface area (Å²) < 4.78 is 20.7. The smallest absolute Gasteiger partial charge is 0.230 e. The number of ether oxygens (including phenoxy) is 1. The number of anilines is 1. The monoisotopic (exact) mass is 439 g/mol. The maximum absolute atomic E-state index is 15.1. The van der Waals surface area contributed by atoms with Crippen molar-refractivity contribution in [3.05, 3.63) is 48.4 Å². The number of benzene rings is 1. The summed E-state index contributed by atoms with van der Waals surface area (Å²) >= 11 is 0. The van der Waals surface area contributed by atoms with Crippen LogP contribution in [-0.2, 0) is 4.79 Å². The summed E-state index contributed by atoms with van der Waals surface area (Å²) in [4.78, 5) is 21.7. The Morgan fingerprint density at radius 2 is 1.94 bits per heavy atom. The third-order valence-corrected chi connectivity index (χ3v) is 7.35. The van der Waals surface area contributed by atoms with Crippen LogP contribution in [0.4, 0.5) is 10.1 Å². The minimum atomic E-state index is -0.427. The van der Waals surface area contributed by atoms with E-state index in [0.717, 1.165) is 58.0 Å². The molecule has 1 saturated carbocycles. The SMILES string of the molecule is O=C1N(C2CCC(O)CC2)CCC12CCCN(c1ccc(Oc3ccccn3)cc1F)C2. The number of amides is 1. The maximum atomic E-state index is 15.1. The Hall–Kier alpha value is -2.67. The molecule has 7 heteroatoms. The average Bonchev–Trinajstić information content (AvgIpc) is 3.10. The molecule has 1 atom stereocenters. The number of hydrogen-bond acceptors (Lipinski definition) is 5. The van der Waals surface area contributed by atoms with Crippen molar-refractivity contribution >= 4 is 11.6 Å². The number of piperidine rings is 1. The second-order valence-electron chi connectivity index (χ2n) is 9.40. The second kappa shape index (κ2) is 8.70. The number of nitrogens with zero attached hydrogens (tertiary/aromatic N) is 3. The molecule has 6 nitrogen and oxygen atoms in total. The number of rotatable bonds is 4. The fourth-order valence-electron chi connectivity index (χ4n) is 5.62. The van der Waals surface area contributed by atoms with Gasteiger partial charge in [-0.2, -0.15) is 0 Å². The van der Waals surface area contributed by atoms with Gasteiger partial charge in [-0.3, -0.25) is 4.79 Å². The molecule has 2 saturated heterocycles. The topological polar surface area (TPSA) is 65.9 Å². The van der Waals surface area contributed by atoms with Gasteiger partial charge in [-0.1, -0.05) is 6.07 Å². The van der Waals surface area contributed by atoms with Crippen molar-refractivity contribution in [2.75, 3.05) is 24.5 Å². The minimum Gasteiger partial charge on any atom is -0.439 e. The number of aromatic nitrogens is 1. The Morgan fingerprint density at radius 3 is 2.69 bits per heavy atom. The summed E-state index contributed by atoms with van der Waals surface area (Å²) in [7, 11) is 0. The van der Waals surface area contributed by atoms with Crippen LogP contribution in [0.2, 0.25) is 0 Å². The highest BCUT2D eigenvalue weighted by Crippen LogP contribution is 2.44. The van der Waals surface area contributed by atoms with E-state index in [4.69, 9.17) is 4.74 Å². The lowest BCUT2D eigenvalue weighted by atomic mass is 9.78. The van der Waals surface area contributed by atoms with Gasteiger partial charge in [0.1, 0.15) is 11.6 Å². The van der Waals surface area contributed by atoms with Crippen LogP contribution in [0, 0.1) is 11.2 Å². The lowest BCUT2D eigenvalue weighted by Crippen LogP contribution is -2.50. The predicted octanol–water partition coefficient (Wildman–Crippen LogP) is 4.14. The van der Waals surface area contributed by atoms with Crippen LogP contribution in [-0.4, -0.2) is 52.7 Å². The summed E-state index contributed by atoms with van der Waals surface area (Å²) in [6, 6.07) is 10.5. The first-order valence-electron chi connectivity index (χ1n) is 11.7. The van der Waals surface area contributed by atoms with Gasteiger partial charge in [0.05, 0.1) is 17.2 Å². The first-order valence-corrected chi connectivity index (χ1v) is 11.7. The van der Waals surface area contributed by atoms with Crippen LogP contribution in [0.3, 0.4) is 0 Å². The fraction of sp³-hybridized carbons (Fsp3) is 0.520. The number of halogens is 1. The highest BCUT2D eigenvalue weighted by Gasteiger charge is 2.50. The Morgan fingerprint density at radius 1 is 1.09 bits per heavy atom. The first kappa shape index (κ1) is 21.2. The molecule has 1 aromatic heterocycles. The molecule has 2 aliphatic heterocycles. The van der Waals surface area contributed by atoms with Crippen molar-refractivity contribution in [1.82, 2.24) is 9.88 Å². The molecule has 3 heterocycles. The molecule has 32 heavy (non-hydrogen) atoms. The molecule has 170 valence electrons. The molecule has 1 aromatic carbocycles. The molecule has 3 fully saturated rings. The molecule has 1 aliphatic carbocycles. The summed E-state index contributed by atoms with van der Waals surface area (Å²) in [5.41, 5.74) is 0.0913. The molecule has 1 amide bonds. The Bertz CT molecular complexity index is 964. The van der Waals surface area contributed by atoms with Crippen molar-refractivity contribution < 1.29 is 19.0 Å². The van der Waals surface area contributed by atoms with Gasteiger partial charge in [-0.25, -0.2) is 9.37 Å². The van der Waals surface area contributed by atoms with Gasteiger partial charge in [-0.05, 0) is 63.1 Å². The summed E-state index contributed by atoms with van der Waals surface area (Å²) in [5, 5.41) is 9.81. The molecule has 1 N–H and O–H groups in total. The Kier molecular flexibility index (Phi) is 5.76. The van der Waals surface area contributed by atoms with Crippen molar-refractivity contribution in [2.45, 2.75) is 57.1 Å². The molecular weight excluding hydrogens is 409 g/mol. The molecule has 0 radical (unpaired) electrons. The molecule has 0 bridgehead atoms. The average molecular weight is 440 g/mol. The number of likely N-dealkylation sites (tertiary alicyclic amines) is 1. The summed E-state index contributed by atoms with van der Waals surface area (Å²) in [5.74, 6) is 0.695. The third kappa shape index (κ3) is 4.06. The number of aliphatic hydroxyl groups excluding tert-OH is 1. The lowest BCUT2D eigenvalue weighted by Gasteiger charge is -2.41. The fourth-order valence-corrected chi connectivity index (χ4v) is 5.62. The van der Waals surface area contributed by atoms with Crippen LogP contribution >= 0.6 is 0 Å². The van der Waals surface area contributed by atoms with E-state index in [9.17, 15) is 9.90 Å². The minimum absolute atomic E-state index is 0.221. The molecular formula is C25H30FN3O3. The number of carbonyl (C=O) groups excluding carboxylic acids is 1. The number of hydrogen-bond donors (Lipinski definition) is 1. The van der Waals surface area contributed by atoms with E-state index in [0.29, 0.717) is 23.9 Å². The molecule has 5 rings (SSSR count). The second-order valence-corrected chi connectivity index (χ2v) is 9.40. The van der Waals surface area contributed by atoms with Crippen LogP contribution in [0.25, 0.3) is 0 Å². The zero-order chi connectivity index (χ0) is 22.1. The van der Waals surface area contributed by atoms with Gasteiger partial charge in [0.25, 0.3) is 0 Å². The van der Waals surface area contributed by atoms with Crippen LogP contribution in [0.15, 0.2) is 42.6 Å². The van der Waals surface area contributed by atoms with E-state index >= 15 is 4.39 Å². The van der Waals surface area contributed by atoms with Gasteiger partial charge in [0, 0.05) is 44.0 Å². The number of aliphatic hydroxyl groups is 1. The zero-order valence-corrected chi connectivity index (χ0v) is 18.3. The molecule has 1 unspecified atom stereocenters. The standard InChI is InChI=1S/C25H30FN3O3/c26-21-16-20(32-23-4-1-2-13-27-23)9-10-22(21)28-14-3-11-25(17-28)12-15-29(24(25)31)18-5-7-19(30)8-6-18/h1-2,4,9-10,13,16,18-19,30H,3,5-8,11-12,14-15,17H2. The Balaban J connectivity index is 1.29. The van der Waals surface area contributed by atoms with E-state index in [1.165, 1.54) is 6.07 Å². The van der Waals surface area contributed by atoms with Crippen LogP contribution < -0.4 is 9.64 Å². The van der Waals surface area contributed by atoms with Gasteiger partial charge < -0.3 is 19.6 Å². The molecule has 1 spiro atoms. The zero-order valence-electron chi connectivity index (χ0n) is 18.3. The number of carbonyl (C=O) groups is 1. The van der Waals surface area contributed by atoms with Gasteiger partial charge in [0.15, 0.2) is 0 Å². The number of pyridine rings is 1. The van der Waals surface area contributed by atoms with Crippen molar-refractivity contribution in [2.24, 2.45) is 5.41 Å². The molecule has 2 aromatic rings. The van der Waals surface area contributed by atoms with Crippen LogP contribution in [0.5, 0.6) is 11.6 Å². The summed E-state index contributed by atoms with van der Waals surface area (Å²) in [6.07, 6.45) is 7.24. The highest BCUT2D eigenvalue weighted by atomic mass is 19.1. The van der Waals surface area contributed by atoms with Crippen molar-refractivity contribution in [1.29, 1.82) is 0 Å². The third-order valence-electron chi connectivity index (χ3n) is 7.35. The quantitative estimate of drug-likeness (QED) is 0.776. The molecule has 3 aliphatic rings. The normalized spacial score (nSPS) is 28.4. The van der Waals surface area contributed by atoms with Crippen LogP contribution in [0.1, 0.15) is 44.9 Å². The predicted molar refractivity (Wildman–Crippen MR) is 119 cm³/mol. The van der Waals surface area contributed by atoms with Gasteiger partial charge >= 0.3 is 0 Å². The van der Waals surface area contributed by atoms with E-state index in [-0.39, 0.29) is 23.9 Å². The van der Waals surface area contributed by atoms with Gasteiger partial charge in [-0.15, -0.1) is 0 Å². The van der Waals surface area contributed by atoms with Gasteiger partial charge in [0.2, 0.25) is 11.8 Å². The Labute approximate surface area is 188 Å². The van der Waals surface area contributed by atoms with E-state index in [2.05, 4.69) is 9.88 Å². The van der Waals surface area contributed by atoms with Crippen molar-refractivity contribution in [3.63, 3.8) is 0 Å². The van der Waals surface area contributed by atoms with E-state index in [1.807, 2.05) is 11.0 Å². The maximum Gasteiger partial charge on any atom is 0.230 e. The van der Waals surface area contributed by atoms with Crippen molar-refractivity contribution in [3.8, 4) is 11.6 Å².